The van der Waals surface area contributed by atoms with Gasteiger partial charge < -0.3 is 30.2 Å². The fraction of sp³-hybridized carbons (Fsp3) is 0.360. The van der Waals surface area contributed by atoms with Crippen LogP contribution in [-0.2, 0) is 14.3 Å². The van der Waals surface area contributed by atoms with Gasteiger partial charge in [-0.3, -0.25) is 20.4 Å². The molecule has 3 amide bonds. The van der Waals surface area contributed by atoms with Crippen LogP contribution in [0.4, 0.5) is 10.5 Å². The molecule has 6 N–H and O–H groups in total. The van der Waals surface area contributed by atoms with Gasteiger partial charge in [-0.05, 0) is 62.7 Å². The molecule has 0 fully saturated rings. The number of benzene rings is 2. The summed E-state index contributed by atoms with van der Waals surface area (Å²) in [6.07, 6.45) is -1.18. The van der Waals surface area contributed by atoms with Gasteiger partial charge in [-0.25, -0.2) is 10.2 Å². The highest BCUT2D eigenvalue weighted by Gasteiger charge is 2.24. The van der Waals surface area contributed by atoms with Crippen LogP contribution in [0.1, 0.15) is 37.9 Å². The Kier molecular flexibility index (Phi) is 10.5. The van der Waals surface area contributed by atoms with Crippen LogP contribution in [0, 0.1) is 5.41 Å². The van der Waals surface area contributed by atoms with Crippen molar-refractivity contribution in [3.8, 4) is 11.5 Å². The van der Waals surface area contributed by atoms with Crippen molar-refractivity contribution in [1.82, 2.24) is 15.8 Å². The number of nitrogens with one attached hydrogen (secondary N) is 4. The minimum absolute atomic E-state index is 0.0848. The molecule has 0 bridgehead atoms. The van der Waals surface area contributed by atoms with Gasteiger partial charge in [0.05, 0.1) is 12.7 Å². The topological polar surface area (TPSA) is 168 Å². The second kappa shape index (κ2) is 13.6. The van der Waals surface area contributed by atoms with E-state index in [2.05, 4.69) is 16.2 Å². The lowest BCUT2D eigenvalue weighted by atomic mass is 10.0. The van der Waals surface area contributed by atoms with Crippen LogP contribution in [0.25, 0.3) is 0 Å². The maximum Gasteiger partial charge on any atom is 0.426 e. The predicted octanol–water partition coefficient (Wildman–Crippen LogP) is 2.16. The third-order valence-corrected chi connectivity index (χ3v) is 4.85. The zero-order chi connectivity index (χ0) is 27.5. The largest absolute Gasteiger partial charge is 0.490 e. The third-order valence-electron chi connectivity index (χ3n) is 4.85. The van der Waals surface area contributed by atoms with Crippen molar-refractivity contribution in [2.45, 2.75) is 32.9 Å². The van der Waals surface area contributed by atoms with Gasteiger partial charge in [-0.2, -0.15) is 0 Å². The van der Waals surface area contributed by atoms with E-state index in [-0.39, 0.29) is 24.5 Å². The van der Waals surface area contributed by atoms with Crippen LogP contribution in [0.3, 0.4) is 0 Å². The lowest BCUT2D eigenvalue weighted by Gasteiger charge is -2.22. The van der Waals surface area contributed by atoms with Crippen molar-refractivity contribution in [2.24, 2.45) is 5.73 Å². The molecule has 0 aliphatic carbocycles. The summed E-state index contributed by atoms with van der Waals surface area (Å²) in [7, 11) is 3.25. The van der Waals surface area contributed by atoms with Gasteiger partial charge in [0.15, 0.2) is 18.1 Å². The Labute approximate surface area is 215 Å². The number of ether oxygens (including phenoxy) is 3. The van der Waals surface area contributed by atoms with Crippen molar-refractivity contribution in [2.75, 3.05) is 32.6 Å². The normalized spacial score (nSPS) is 11.2. The number of rotatable bonds is 11. The Balaban J connectivity index is 2.34. The van der Waals surface area contributed by atoms with Crippen molar-refractivity contribution < 1.29 is 28.6 Å². The molecule has 0 aliphatic rings. The number of nitrogen functional groups attached to an aromatic ring is 1. The number of anilines is 1. The summed E-state index contributed by atoms with van der Waals surface area (Å²) in [5.74, 6) is -0.220. The van der Waals surface area contributed by atoms with Crippen molar-refractivity contribution in [3.63, 3.8) is 0 Å². The van der Waals surface area contributed by atoms with Gasteiger partial charge in [-0.1, -0.05) is 6.07 Å². The number of nitrogens with zero attached hydrogens (tertiary/aromatic N) is 1. The molecular weight excluding hydrogens is 480 g/mol. The van der Waals surface area contributed by atoms with E-state index in [1.54, 1.807) is 77.3 Å². The number of carbonyl (C=O) groups is 3. The highest BCUT2D eigenvalue weighted by molar-refractivity contribution is 5.95. The quantitative estimate of drug-likeness (QED) is 0.173. The van der Waals surface area contributed by atoms with E-state index in [1.165, 1.54) is 4.90 Å². The number of likely N-dealkylation sites (N-methyl/N-ethyl adjacent to an activating group) is 1. The van der Waals surface area contributed by atoms with Crippen molar-refractivity contribution in [3.05, 3.63) is 53.6 Å². The van der Waals surface area contributed by atoms with Crippen molar-refractivity contribution in [1.29, 1.82) is 5.41 Å². The Morgan fingerprint density at radius 3 is 2.24 bits per heavy atom. The number of carbonyl (C=O) groups excluding carboxylic acids is 3. The zero-order valence-electron chi connectivity index (χ0n) is 21.6. The number of amides is 3. The molecule has 0 saturated carbocycles. The molecule has 12 heteroatoms. The molecule has 1 unspecified atom stereocenters. The van der Waals surface area contributed by atoms with E-state index in [0.29, 0.717) is 34.9 Å². The number of hydrogen-bond donors (Lipinski definition) is 5. The van der Waals surface area contributed by atoms with E-state index >= 15 is 0 Å². The highest BCUT2D eigenvalue weighted by Crippen LogP contribution is 2.32. The first kappa shape index (κ1) is 28.8. The third kappa shape index (κ3) is 8.91. The molecule has 2 aromatic rings. The molecule has 0 aliphatic heterocycles. The SMILES string of the molecule is CCOc1cc(C(Nc2ccc(C(=N)N)cc2)C(=O)NNC(=O)OC(C)C)ccc1OCC(=O)N(C)C. The number of hydrogen-bond acceptors (Lipinski definition) is 8. The lowest BCUT2D eigenvalue weighted by molar-refractivity contribution is -0.130. The van der Waals surface area contributed by atoms with Crippen LogP contribution < -0.4 is 31.4 Å². The summed E-state index contributed by atoms with van der Waals surface area (Å²) in [6.45, 7) is 5.30. The molecule has 2 aromatic carbocycles. The molecule has 0 aromatic heterocycles. The fourth-order valence-corrected chi connectivity index (χ4v) is 3.00. The van der Waals surface area contributed by atoms with Gasteiger partial charge >= 0.3 is 6.09 Å². The second-order valence-corrected chi connectivity index (χ2v) is 8.35. The maximum absolute atomic E-state index is 13.1. The predicted molar refractivity (Wildman–Crippen MR) is 139 cm³/mol. The molecule has 1 atom stereocenters. The Morgan fingerprint density at radius 2 is 1.68 bits per heavy atom. The fourth-order valence-electron chi connectivity index (χ4n) is 3.00. The molecule has 12 nitrogen and oxygen atoms in total. The van der Waals surface area contributed by atoms with Gasteiger partial charge in [0.25, 0.3) is 11.8 Å². The number of hydrazine groups is 1. The number of amidine groups is 1. The molecule has 0 heterocycles. The summed E-state index contributed by atoms with van der Waals surface area (Å²) in [6, 6.07) is 10.5. The molecule has 0 spiro atoms. The average molecular weight is 515 g/mol. The monoisotopic (exact) mass is 514 g/mol. The van der Waals surface area contributed by atoms with Crippen LogP contribution in [0.2, 0.25) is 0 Å². The van der Waals surface area contributed by atoms with E-state index in [9.17, 15) is 14.4 Å². The molecule has 0 radical (unpaired) electrons. The summed E-state index contributed by atoms with van der Waals surface area (Å²) < 4.78 is 16.3. The number of nitrogens with two attached hydrogens (primary N) is 1. The second-order valence-electron chi connectivity index (χ2n) is 8.35. The molecule has 37 heavy (non-hydrogen) atoms. The van der Waals surface area contributed by atoms with Crippen molar-refractivity contribution >= 4 is 29.4 Å². The molecule has 0 saturated heterocycles. The smallest absolute Gasteiger partial charge is 0.426 e. The minimum atomic E-state index is -0.987. The summed E-state index contributed by atoms with van der Waals surface area (Å²) in [5, 5.41) is 10.7. The van der Waals surface area contributed by atoms with Gasteiger partial charge in [0.2, 0.25) is 0 Å². The van der Waals surface area contributed by atoms with Gasteiger partial charge in [-0.15, -0.1) is 0 Å². The van der Waals surface area contributed by atoms with E-state index in [1.807, 2.05) is 0 Å². The summed E-state index contributed by atoms with van der Waals surface area (Å²) >= 11 is 0. The van der Waals surface area contributed by atoms with Gasteiger partial charge in [0, 0.05) is 25.3 Å². The van der Waals surface area contributed by atoms with E-state index < -0.39 is 18.0 Å². The summed E-state index contributed by atoms with van der Waals surface area (Å²) in [5.41, 5.74) is 11.7. The lowest BCUT2D eigenvalue weighted by Crippen LogP contribution is -2.46. The van der Waals surface area contributed by atoms with Crippen LogP contribution in [0.5, 0.6) is 11.5 Å². The Morgan fingerprint density at radius 1 is 1.00 bits per heavy atom. The van der Waals surface area contributed by atoms with Crippen LogP contribution >= 0.6 is 0 Å². The van der Waals surface area contributed by atoms with Crippen LogP contribution in [-0.4, -0.2) is 62.1 Å². The zero-order valence-corrected chi connectivity index (χ0v) is 21.6. The first-order chi connectivity index (χ1) is 17.5. The van der Waals surface area contributed by atoms with Gasteiger partial charge in [0.1, 0.15) is 11.9 Å². The standard InChI is InChI=1S/C25H34N6O6/c1-6-35-20-13-17(9-12-19(20)36-14-21(32)31(4)5)22(24(33)29-30-25(34)37-15(2)3)28-18-10-7-16(8-11-18)23(26)27/h7-13,15,22,28H,6,14H2,1-5H3,(H3,26,27)(H,29,33)(H,30,34). The Hall–Kier alpha value is -4.48. The average Bonchev–Trinajstić information content (AvgIpc) is 2.84. The van der Waals surface area contributed by atoms with Crippen LogP contribution in [0.15, 0.2) is 42.5 Å². The van der Waals surface area contributed by atoms with E-state index in [4.69, 9.17) is 25.4 Å². The highest BCUT2D eigenvalue weighted by atomic mass is 16.6. The first-order valence-corrected chi connectivity index (χ1v) is 11.6. The first-order valence-electron chi connectivity index (χ1n) is 11.6. The molecule has 200 valence electrons. The Bertz CT molecular complexity index is 1100. The minimum Gasteiger partial charge on any atom is -0.490 e. The summed E-state index contributed by atoms with van der Waals surface area (Å²) in [4.78, 5) is 38.4. The van der Waals surface area contributed by atoms with E-state index in [0.717, 1.165) is 0 Å². The molecular formula is C25H34N6O6. The molecule has 2 rings (SSSR count). The maximum atomic E-state index is 13.1.